The second kappa shape index (κ2) is 5.88. The Morgan fingerprint density at radius 3 is 2.73 bits per heavy atom. The molecule has 82 valence electrons. The molecule has 3 nitrogen and oxygen atoms in total. The van der Waals surface area contributed by atoms with Crippen molar-refractivity contribution < 1.29 is 9.63 Å². The monoisotopic (exact) mass is 271 g/mol. The van der Waals surface area contributed by atoms with Gasteiger partial charge in [-0.1, -0.05) is 26.0 Å². The molecule has 0 fully saturated rings. The number of rotatable bonds is 4. The highest BCUT2D eigenvalue weighted by atomic mass is 79.9. The fourth-order valence-corrected chi connectivity index (χ4v) is 1.44. The molecule has 0 aliphatic rings. The minimum atomic E-state index is -0.233. The van der Waals surface area contributed by atoms with Crippen LogP contribution in [0.3, 0.4) is 0 Å². The lowest BCUT2D eigenvalue weighted by Crippen LogP contribution is -2.25. The highest BCUT2D eigenvalue weighted by Gasteiger charge is 2.08. The minimum Gasteiger partial charge on any atom is -0.273 e. The number of hydrogen-bond donors (Lipinski definition) is 1. The summed E-state index contributed by atoms with van der Waals surface area (Å²) in [5.41, 5.74) is 2.97. The van der Waals surface area contributed by atoms with Gasteiger partial charge in [-0.2, -0.15) is 0 Å². The molecule has 0 radical (unpaired) electrons. The molecule has 1 N–H and O–H groups in total. The fraction of sp³-hybridized carbons (Fsp3) is 0.364. The third-order valence-corrected chi connectivity index (χ3v) is 2.39. The second-order valence-electron chi connectivity index (χ2n) is 3.62. The molecular weight excluding hydrogens is 258 g/mol. The molecule has 0 saturated heterocycles. The first-order valence-corrected chi connectivity index (χ1v) is 5.57. The maximum Gasteiger partial charge on any atom is 0.275 e. The largest absolute Gasteiger partial charge is 0.275 e. The van der Waals surface area contributed by atoms with E-state index in [1.165, 1.54) is 0 Å². The number of amides is 1. The van der Waals surface area contributed by atoms with Crippen LogP contribution >= 0.6 is 15.9 Å². The Balaban J connectivity index is 2.51. The quantitative estimate of drug-likeness (QED) is 0.856. The van der Waals surface area contributed by atoms with E-state index in [0.29, 0.717) is 18.1 Å². The van der Waals surface area contributed by atoms with E-state index in [1.807, 2.05) is 32.0 Å². The van der Waals surface area contributed by atoms with Crippen LogP contribution in [0.5, 0.6) is 0 Å². The fourth-order valence-electron chi connectivity index (χ4n) is 0.974. The predicted molar refractivity (Wildman–Crippen MR) is 62.4 cm³/mol. The van der Waals surface area contributed by atoms with Gasteiger partial charge >= 0.3 is 0 Å². The SMILES string of the molecule is CC(C)CONC(=O)c1ccccc1Br. The number of halogens is 1. The van der Waals surface area contributed by atoms with Gasteiger partial charge in [-0.3, -0.25) is 9.63 Å². The third kappa shape index (κ3) is 4.01. The van der Waals surface area contributed by atoms with Gasteiger partial charge in [0.25, 0.3) is 5.91 Å². The number of nitrogens with one attached hydrogen (secondary N) is 1. The molecule has 15 heavy (non-hydrogen) atoms. The Labute approximate surface area is 97.9 Å². The Hall–Kier alpha value is -0.870. The standard InChI is InChI=1S/C11H14BrNO2/c1-8(2)7-15-13-11(14)9-5-3-4-6-10(9)12/h3-6,8H,7H2,1-2H3,(H,13,14). The number of benzene rings is 1. The molecule has 0 aliphatic heterocycles. The van der Waals surface area contributed by atoms with E-state index in [9.17, 15) is 4.79 Å². The highest BCUT2D eigenvalue weighted by molar-refractivity contribution is 9.10. The summed E-state index contributed by atoms with van der Waals surface area (Å²) in [5, 5.41) is 0. The van der Waals surface area contributed by atoms with Gasteiger partial charge in [0.2, 0.25) is 0 Å². The van der Waals surface area contributed by atoms with Crippen LogP contribution in [-0.2, 0) is 4.84 Å². The van der Waals surface area contributed by atoms with E-state index in [2.05, 4.69) is 21.4 Å². The maximum absolute atomic E-state index is 11.6. The van der Waals surface area contributed by atoms with Crippen molar-refractivity contribution in [2.45, 2.75) is 13.8 Å². The summed E-state index contributed by atoms with van der Waals surface area (Å²) in [4.78, 5) is 16.6. The molecule has 0 unspecified atom stereocenters. The first kappa shape index (κ1) is 12.2. The molecular formula is C11H14BrNO2. The second-order valence-corrected chi connectivity index (χ2v) is 4.47. The Morgan fingerprint density at radius 2 is 2.13 bits per heavy atom. The molecule has 0 aromatic heterocycles. The van der Waals surface area contributed by atoms with Crippen molar-refractivity contribution in [3.8, 4) is 0 Å². The molecule has 1 aromatic carbocycles. The van der Waals surface area contributed by atoms with Gasteiger partial charge < -0.3 is 0 Å². The lowest BCUT2D eigenvalue weighted by molar-refractivity contribution is 0.0208. The zero-order valence-electron chi connectivity index (χ0n) is 8.79. The summed E-state index contributed by atoms with van der Waals surface area (Å²) in [6, 6.07) is 7.22. The van der Waals surface area contributed by atoms with Crippen LogP contribution in [-0.4, -0.2) is 12.5 Å². The van der Waals surface area contributed by atoms with Gasteiger partial charge in [-0.15, -0.1) is 0 Å². The molecule has 0 heterocycles. The summed E-state index contributed by atoms with van der Waals surface area (Å²) in [6.45, 7) is 4.55. The maximum atomic E-state index is 11.6. The van der Waals surface area contributed by atoms with Gasteiger partial charge in [-0.25, -0.2) is 5.48 Å². The van der Waals surface area contributed by atoms with Crippen molar-refractivity contribution in [2.75, 3.05) is 6.61 Å². The number of carbonyl (C=O) groups excluding carboxylic acids is 1. The molecule has 4 heteroatoms. The average Bonchev–Trinajstić information content (AvgIpc) is 2.17. The summed E-state index contributed by atoms with van der Waals surface area (Å²) in [6.07, 6.45) is 0. The van der Waals surface area contributed by atoms with Crippen LogP contribution < -0.4 is 5.48 Å². The van der Waals surface area contributed by atoms with E-state index < -0.39 is 0 Å². The van der Waals surface area contributed by atoms with Crippen LogP contribution in [0.4, 0.5) is 0 Å². The smallest absolute Gasteiger partial charge is 0.273 e. The first-order chi connectivity index (χ1) is 7.11. The van der Waals surface area contributed by atoms with Crippen molar-refractivity contribution >= 4 is 21.8 Å². The lowest BCUT2D eigenvalue weighted by atomic mass is 10.2. The molecule has 0 atom stereocenters. The normalized spacial score (nSPS) is 10.4. The van der Waals surface area contributed by atoms with E-state index in [-0.39, 0.29) is 5.91 Å². The summed E-state index contributed by atoms with van der Waals surface area (Å²) < 4.78 is 0.760. The van der Waals surface area contributed by atoms with Crippen molar-refractivity contribution in [3.63, 3.8) is 0 Å². The third-order valence-electron chi connectivity index (χ3n) is 1.70. The van der Waals surface area contributed by atoms with E-state index in [4.69, 9.17) is 4.84 Å². The van der Waals surface area contributed by atoms with Crippen LogP contribution in [0.25, 0.3) is 0 Å². The molecule has 0 spiro atoms. The molecule has 0 saturated carbocycles. The van der Waals surface area contributed by atoms with Crippen molar-refractivity contribution in [1.29, 1.82) is 0 Å². The number of hydroxylamine groups is 1. The minimum absolute atomic E-state index is 0.233. The summed E-state index contributed by atoms with van der Waals surface area (Å²) in [5.74, 6) is 0.160. The summed E-state index contributed by atoms with van der Waals surface area (Å²) in [7, 11) is 0. The number of hydrogen-bond acceptors (Lipinski definition) is 2. The van der Waals surface area contributed by atoms with E-state index in [0.717, 1.165) is 4.47 Å². The van der Waals surface area contributed by atoms with Crippen molar-refractivity contribution in [3.05, 3.63) is 34.3 Å². The van der Waals surface area contributed by atoms with Gasteiger partial charge in [0, 0.05) is 4.47 Å². The number of carbonyl (C=O) groups is 1. The predicted octanol–water partition coefficient (Wildman–Crippen LogP) is 2.77. The zero-order valence-corrected chi connectivity index (χ0v) is 10.4. The van der Waals surface area contributed by atoms with Crippen molar-refractivity contribution in [2.24, 2.45) is 5.92 Å². The molecule has 0 aliphatic carbocycles. The first-order valence-electron chi connectivity index (χ1n) is 4.78. The zero-order chi connectivity index (χ0) is 11.3. The van der Waals surface area contributed by atoms with Gasteiger partial charge in [0.15, 0.2) is 0 Å². The van der Waals surface area contributed by atoms with Gasteiger partial charge in [0.1, 0.15) is 0 Å². The van der Waals surface area contributed by atoms with Crippen LogP contribution in [0.15, 0.2) is 28.7 Å². The highest BCUT2D eigenvalue weighted by Crippen LogP contribution is 2.15. The Bertz CT molecular complexity index is 339. The summed E-state index contributed by atoms with van der Waals surface area (Å²) >= 11 is 3.30. The van der Waals surface area contributed by atoms with Gasteiger partial charge in [-0.05, 0) is 34.0 Å². The van der Waals surface area contributed by atoms with Crippen LogP contribution in [0.2, 0.25) is 0 Å². The van der Waals surface area contributed by atoms with Crippen molar-refractivity contribution in [1.82, 2.24) is 5.48 Å². The lowest BCUT2D eigenvalue weighted by Gasteiger charge is -2.08. The molecule has 1 amide bonds. The molecule has 1 aromatic rings. The average molecular weight is 272 g/mol. The Kier molecular flexibility index (Phi) is 4.78. The van der Waals surface area contributed by atoms with E-state index in [1.54, 1.807) is 6.07 Å². The molecule has 1 rings (SSSR count). The molecule has 0 bridgehead atoms. The van der Waals surface area contributed by atoms with Crippen LogP contribution in [0, 0.1) is 5.92 Å². The topological polar surface area (TPSA) is 38.3 Å². The van der Waals surface area contributed by atoms with Crippen LogP contribution in [0.1, 0.15) is 24.2 Å². The van der Waals surface area contributed by atoms with E-state index >= 15 is 0 Å². The van der Waals surface area contributed by atoms with Gasteiger partial charge in [0.05, 0.1) is 12.2 Å². The Morgan fingerprint density at radius 1 is 1.47 bits per heavy atom.